The van der Waals surface area contributed by atoms with Crippen molar-refractivity contribution in [3.8, 4) is 16.9 Å². The lowest BCUT2D eigenvalue weighted by Gasteiger charge is -2.16. The third-order valence-corrected chi connectivity index (χ3v) is 5.69. The summed E-state index contributed by atoms with van der Waals surface area (Å²) in [6, 6.07) is 18.1. The van der Waals surface area contributed by atoms with Gasteiger partial charge in [0.1, 0.15) is 18.2 Å². The van der Waals surface area contributed by atoms with E-state index in [-0.39, 0.29) is 18.3 Å². The van der Waals surface area contributed by atoms with Gasteiger partial charge in [-0.15, -0.1) is 0 Å². The standard InChI is InChI=1S/C26H26FNO3/c1-16(28)21-6-4-7-23(26(21)27)18-11-12-22(17-9-10-17)20(13-18)15-31-24-8-3-2-5-19(24)14-25(29)30/h2-8,11-13,16-17H,9-10,14-15,28H2,1H3,(H,29,30). The van der Waals surface area contributed by atoms with Crippen LogP contribution in [0.15, 0.2) is 60.7 Å². The van der Waals surface area contributed by atoms with Crippen molar-refractivity contribution in [3.05, 3.63) is 88.7 Å². The molecule has 0 heterocycles. The van der Waals surface area contributed by atoms with Crippen LogP contribution in [0.3, 0.4) is 0 Å². The van der Waals surface area contributed by atoms with E-state index in [0.717, 1.165) is 24.0 Å². The number of rotatable bonds is 8. The van der Waals surface area contributed by atoms with Crippen LogP contribution in [0.25, 0.3) is 11.1 Å². The lowest BCUT2D eigenvalue weighted by Crippen LogP contribution is -2.08. The van der Waals surface area contributed by atoms with Crippen molar-refractivity contribution in [1.29, 1.82) is 0 Å². The third-order valence-electron chi connectivity index (χ3n) is 5.69. The minimum Gasteiger partial charge on any atom is -0.489 e. The highest BCUT2D eigenvalue weighted by atomic mass is 19.1. The number of para-hydroxylation sites is 1. The first-order valence-corrected chi connectivity index (χ1v) is 10.5. The van der Waals surface area contributed by atoms with Crippen molar-refractivity contribution in [2.24, 2.45) is 5.73 Å². The Balaban J connectivity index is 1.66. The summed E-state index contributed by atoms with van der Waals surface area (Å²) in [5.41, 5.74) is 10.6. The highest BCUT2D eigenvalue weighted by Crippen LogP contribution is 2.43. The first-order valence-electron chi connectivity index (χ1n) is 10.5. The molecule has 3 N–H and O–H groups in total. The van der Waals surface area contributed by atoms with Gasteiger partial charge in [-0.05, 0) is 54.5 Å². The average Bonchev–Trinajstić information content (AvgIpc) is 3.58. The maximum Gasteiger partial charge on any atom is 0.307 e. The van der Waals surface area contributed by atoms with Gasteiger partial charge in [-0.1, -0.05) is 48.5 Å². The number of hydrogen-bond acceptors (Lipinski definition) is 3. The fourth-order valence-electron chi connectivity index (χ4n) is 3.92. The molecule has 1 unspecified atom stereocenters. The summed E-state index contributed by atoms with van der Waals surface area (Å²) in [6.07, 6.45) is 2.17. The molecule has 0 amide bonds. The van der Waals surface area contributed by atoms with Gasteiger partial charge in [0, 0.05) is 22.7 Å². The van der Waals surface area contributed by atoms with Gasteiger partial charge < -0.3 is 15.6 Å². The topological polar surface area (TPSA) is 72.5 Å². The molecule has 0 spiro atoms. The van der Waals surface area contributed by atoms with E-state index in [9.17, 15) is 4.79 Å². The van der Waals surface area contributed by atoms with Crippen molar-refractivity contribution >= 4 is 5.97 Å². The van der Waals surface area contributed by atoms with Crippen LogP contribution in [-0.4, -0.2) is 11.1 Å². The van der Waals surface area contributed by atoms with Gasteiger partial charge in [-0.2, -0.15) is 0 Å². The number of aliphatic carboxylic acids is 1. The highest BCUT2D eigenvalue weighted by molar-refractivity contribution is 5.71. The first-order chi connectivity index (χ1) is 14.9. The Morgan fingerprint density at radius 1 is 1.13 bits per heavy atom. The van der Waals surface area contributed by atoms with E-state index in [2.05, 4.69) is 6.07 Å². The Bertz CT molecular complexity index is 1110. The van der Waals surface area contributed by atoms with Crippen LogP contribution in [0.5, 0.6) is 5.75 Å². The number of nitrogens with two attached hydrogens (primary N) is 1. The molecule has 3 aromatic rings. The molecule has 1 aliphatic carbocycles. The van der Waals surface area contributed by atoms with Crippen molar-refractivity contribution < 1.29 is 19.0 Å². The van der Waals surface area contributed by atoms with Gasteiger partial charge in [0.15, 0.2) is 0 Å². The Kier molecular flexibility index (Phi) is 6.05. The lowest BCUT2D eigenvalue weighted by molar-refractivity contribution is -0.136. The zero-order valence-electron chi connectivity index (χ0n) is 17.5. The molecule has 1 saturated carbocycles. The van der Waals surface area contributed by atoms with Gasteiger partial charge >= 0.3 is 5.97 Å². The fourth-order valence-corrected chi connectivity index (χ4v) is 3.92. The molecule has 1 atom stereocenters. The summed E-state index contributed by atoms with van der Waals surface area (Å²) in [5.74, 6) is -0.138. The average molecular weight is 419 g/mol. The molecule has 4 rings (SSSR count). The Hall–Kier alpha value is -3.18. The number of carboxylic acids is 1. The number of benzene rings is 3. The Labute approximate surface area is 181 Å². The summed E-state index contributed by atoms with van der Waals surface area (Å²) < 4.78 is 21.1. The zero-order chi connectivity index (χ0) is 22.0. The molecule has 0 bridgehead atoms. The molecule has 3 aromatic carbocycles. The second kappa shape index (κ2) is 8.90. The molecule has 0 aliphatic heterocycles. The van der Waals surface area contributed by atoms with Crippen molar-refractivity contribution in [2.75, 3.05) is 0 Å². The van der Waals surface area contributed by atoms with Crippen LogP contribution >= 0.6 is 0 Å². The Morgan fingerprint density at radius 2 is 1.90 bits per heavy atom. The molecular formula is C26H26FNO3. The Morgan fingerprint density at radius 3 is 2.61 bits per heavy atom. The summed E-state index contributed by atoms with van der Waals surface area (Å²) in [5, 5.41) is 9.15. The molecular weight excluding hydrogens is 393 g/mol. The number of halogens is 1. The summed E-state index contributed by atoms with van der Waals surface area (Å²) in [4.78, 5) is 11.2. The molecule has 0 aromatic heterocycles. The van der Waals surface area contributed by atoms with Crippen LogP contribution in [0.1, 0.15) is 54.0 Å². The number of ether oxygens (including phenoxy) is 1. The summed E-state index contributed by atoms with van der Waals surface area (Å²) >= 11 is 0. The normalized spacial score (nSPS) is 14.3. The molecule has 31 heavy (non-hydrogen) atoms. The minimum atomic E-state index is -0.902. The van der Waals surface area contributed by atoms with Crippen LogP contribution in [0.4, 0.5) is 4.39 Å². The fraction of sp³-hybridized carbons (Fsp3) is 0.269. The molecule has 5 heteroatoms. The van der Waals surface area contributed by atoms with Crippen molar-refractivity contribution in [1.82, 2.24) is 0 Å². The van der Waals surface area contributed by atoms with E-state index < -0.39 is 5.97 Å². The summed E-state index contributed by atoms with van der Waals surface area (Å²) in [6.45, 7) is 2.07. The maximum absolute atomic E-state index is 15.1. The number of carboxylic acid groups (broad SMARTS) is 1. The van der Waals surface area contributed by atoms with E-state index in [0.29, 0.717) is 35.0 Å². The summed E-state index contributed by atoms with van der Waals surface area (Å²) in [7, 11) is 0. The van der Waals surface area contributed by atoms with E-state index in [4.69, 9.17) is 15.6 Å². The molecule has 0 radical (unpaired) electrons. The van der Waals surface area contributed by atoms with E-state index in [1.165, 1.54) is 5.56 Å². The first kappa shape index (κ1) is 21.1. The molecule has 1 fully saturated rings. The van der Waals surface area contributed by atoms with Crippen LogP contribution < -0.4 is 10.5 Å². The second-order valence-electron chi connectivity index (χ2n) is 8.15. The van der Waals surface area contributed by atoms with Gasteiger partial charge in [0.05, 0.1) is 6.42 Å². The quantitative estimate of drug-likeness (QED) is 0.499. The number of carbonyl (C=O) groups is 1. The second-order valence-corrected chi connectivity index (χ2v) is 8.15. The van der Waals surface area contributed by atoms with Crippen LogP contribution in [0.2, 0.25) is 0 Å². The molecule has 0 saturated heterocycles. The smallest absolute Gasteiger partial charge is 0.307 e. The van der Waals surface area contributed by atoms with Gasteiger partial charge in [0.2, 0.25) is 0 Å². The van der Waals surface area contributed by atoms with Gasteiger partial charge in [0.25, 0.3) is 0 Å². The SMILES string of the molecule is CC(N)c1cccc(-c2ccc(C3CC3)c(COc3ccccc3CC(=O)O)c2)c1F. The maximum atomic E-state index is 15.1. The largest absolute Gasteiger partial charge is 0.489 e. The van der Waals surface area contributed by atoms with Crippen molar-refractivity contribution in [2.45, 2.75) is 44.8 Å². The highest BCUT2D eigenvalue weighted by Gasteiger charge is 2.26. The lowest BCUT2D eigenvalue weighted by atomic mass is 9.94. The van der Waals surface area contributed by atoms with E-state index in [1.54, 1.807) is 37.3 Å². The predicted octanol–water partition coefficient (Wildman–Crippen LogP) is 5.60. The number of hydrogen-bond donors (Lipinski definition) is 2. The molecule has 1 aliphatic rings. The van der Waals surface area contributed by atoms with E-state index in [1.807, 2.05) is 24.3 Å². The third kappa shape index (κ3) is 4.78. The monoisotopic (exact) mass is 419 g/mol. The molecule has 4 nitrogen and oxygen atoms in total. The zero-order valence-corrected chi connectivity index (χ0v) is 17.5. The van der Waals surface area contributed by atoms with E-state index >= 15 is 4.39 Å². The van der Waals surface area contributed by atoms with Crippen LogP contribution in [-0.2, 0) is 17.8 Å². The van der Waals surface area contributed by atoms with Crippen molar-refractivity contribution in [3.63, 3.8) is 0 Å². The minimum absolute atomic E-state index is 0.0963. The van der Waals surface area contributed by atoms with Gasteiger partial charge in [-0.3, -0.25) is 4.79 Å². The van der Waals surface area contributed by atoms with Gasteiger partial charge in [-0.25, -0.2) is 4.39 Å². The van der Waals surface area contributed by atoms with Crippen LogP contribution in [0, 0.1) is 5.82 Å². The predicted molar refractivity (Wildman–Crippen MR) is 119 cm³/mol. The molecule has 160 valence electrons.